The van der Waals surface area contributed by atoms with Gasteiger partial charge in [0.05, 0.1) is 11.4 Å². The highest BCUT2D eigenvalue weighted by molar-refractivity contribution is 7.13. The smallest absolute Gasteiger partial charge is 0.251 e. The lowest BCUT2D eigenvalue weighted by Crippen LogP contribution is -2.22. The number of carbonyl (C=O) groups excluding carboxylic acids is 1. The zero-order valence-corrected chi connectivity index (χ0v) is 13.7. The van der Waals surface area contributed by atoms with Crippen LogP contribution >= 0.6 is 11.3 Å². The lowest BCUT2D eigenvalue weighted by molar-refractivity contribution is 0.0948. The van der Waals surface area contributed by atoms with E-state index < -0.39 is 0 Å². The molecular formula is C20H15NO2S. The van der Waals surface area contributed by atoms with E-state index in [2.05, 4.69) is 5.32 Å². The minimum atomic E-state index is -0.102. The fraction of sp³-hybridized carbons (Fsp3) is 0.0500. The molecule has 1 N–H and O–H groups in total. The highest BCUT2D eigenvalue weighted by Crippen LogP contribution is 2.26. The van der Waals surface area contributed by atoms with Gasteiger partial charge in [-0.2, -0.15) is 0 Å². The van der Waals surface area contributed by atoms with Crippen molar-refractivity contribution in [3.05, 3.63) is 83.4 Å². The zero-order chi connectivity index (χ0) is 16.4. The summed E-state index contributed by atoms with van der Waals surface area (Å²) in [5.41, 5.74) is 0.652. The van der Waals surface area contributed by atoms with Crippen LogP contribution in [0.15, 0.2) is 76.5 Å². The van der Waals surface area contributed by atoms with Crippen molar-refractivity contribution in [2.24, 2.45) is 0 Å². The third-order valence-electron chi connectivity index (χ3n) is 3.86. The second kappa shape index (κ2) is 6.34. The van der Waals surface area contributed by atoms with E-state index in [0.29, 0.717) is 12.1 Å². The molecule has 4 heteroatoms. The highest BCUT2D eigenvalue weighted by Gasteiger charge is 2.09. The molecule has 0 atom stereocenters. The molecule has 4 rings (SSSR count). The molecule has 0 aliphatic heterocycles. The predicted molar refractivity (Wildman–Crippen MR) is 97.1 cm³/mol. The quantitative estimate of drug-likeness (QED) is 0.565. The lowest BCUT2D eigenvalue weighted by Gasteiger charge is -2.05. The largest absolute Gasteiger partial charge is 0.458 e. The molecule has 2 aromatic heterocycles. The second-order valence-corrected chi connectivity index (χ2v) is 6.44. The molecule has 0 aliphatic rings. The first-order valence-corrected chi connectivity index (χ1v) is 8.57. The molecule has 0 saturated heterocycles. The van der Waals surface area contributed by atoms with Crippen LogP contribution in [0.2, 0.25) is 0 Å². The van der Waals surface area contributed by atoms with Crippen molar-refractivity contribution in [1.29, 1.82) is 0 Å². The lowest BCUT2D eigenvalue weighted by atomic mass is 10.1. The highest BCUT2D eigenvalue weighted by atomic mass is 32.1. The average molecular weight is 333 g/mol. The van der Waals surface area contributed by atoms with Crippen molar-refractivity contribution in [1.82, 2.24) is 5.32 Å². The monoisotopic (exact) mass is 333 g/mol. The molecule has 24 heavy (non-hydrogen) atoms. The van der Waals surface area contributed by atoms with Crippen molar-refractivity contribution in [3.8, 4) is 10.6 Å². The summed E-state index contributed by atoms with van der Waals surface area (Å²) in [6, 6.07) is 21.6. The van der Waals surface area contributed by atoms with E-state index in [9.17, 15) is 4.79 Å². The Kier molecular flexibility index (Phi) is 3.89. The van der Waals surface area contributed by atoms with E-state index >= 15 is 0 Å². The minimum Gasteiger partial charge on any atom is -0.458 e. The van der Waals surface area contributed by atoms with E-state index in [0.717, 1.165) is 27.2 Å². The molecule has 1 amide bonds. The number of fused-ring (bicyclic) bond motifs is 1. The van der Waals surface area contributed by atoms with Crippen LogP contribution in [0.1, 0.15) is 16.1 Å². The van der Waals surface area contributed by atoms with Gasteiger partial charge in [0.2, 0.25) is 0 Å². The number of benzene rings is 2. The molecule has 0 spiro atoms. The summed E-state index contributed by atoms with van der Waals surface area (Å²) >= 11 is 1.63. The zero-order valence-electron chi connectivity index (χ0n) is 12.9. The Balaban J connectivity index is 1.46. The normalized spacial score (nSPS) is 10.8. The first-order chi connectivity index (χ1) is 11.8. The van der Waals surface area contributed by atoms with Gasteiger partial charge in [-0.05, 0) is 46.5 Å². The van der Waals surface area contributed by atoms with E-state index in [4.69, 9.17) is 4.42 Å². The molecule has 3 nitrogen and oxygen atoms in total. The van der Waals surface area contributed by atoms with Gasteiger partial charge in [0.15, 0.2) is 0 Å². The topological polar surface area (TPSA) is 42.2 Å². The number of furan rings is 1. The Hall–Kier alpha value is -2.85. The maximum Gasteiger partial charge on any atom is 0.251 e. The van der Waals surface area contributed by atoms with Crippen LogP contribution in [0.3, 0.4) is 0 Å². The Morgan fingerprint density at radius 2 is 1.83 bits per heavy atom. The number of thiophene rings is 1. The summed E-state index contributed by atoms with van der Waals surface area (Å²) in [5.74, 6) is 1.47. The molecular weight excluding hydrogens is 318 g/mol. The van der Waals surface area contributed by atoms with Gasteiger partial charge < -0.3 is 9.73 Å². The predicted octanol–water partition coefficient (Wildman–Crippen LogP) is 5.09. The molecule has 2 aromatic carbocycles. The Labute approximate surface area is 143 Å². The van der Waals surface area contributed by atoms with Crippen LogP contribution in [0.5, 0.6) is 0 Å². The molecule has 0 saturated carbocycles. The van der Waals surface area contributed by atoms with Crippen LogP contribution in [-0.2, 0) is 6.54 Å². The molecule has 2 heterocycles. The van der Waals surface area contributed by atoms with Gasteiger partial charge in [-0.3, -0.25) is 4.79 Å². The average Bonchev–Trinajstić information content (AvgIpc) is 3.30. The molecule has 0 fully saturated rings. The summed E-state index contributed by atoms with van der Waals surface area (Å²) in [6.07, 6.45) is 0. The number of amides is 1. The first-order valence-electron chi connectivity index (χ1n) is 7.69. The van der Waals surface area contributed by atoms with E-state index in [1.165, 1.54) is 0 Å². The van der Waals surface area contributed by atoms with Gasteiger partial charge >= 0.3 is 0 Å². The van der Waals surface area contributed by atoms with Crippen LogP contribution in [0, 0.1) is 0 Å². The van der Waals surface area contributed by atoms with E-state index in [1.807, 2.05) is 72.1 Å². The van der Waals surface area contributed by atoms with Crippen LogP contribution in [0.25, 0.3) is 21.4 Å². The molecule has 0 bridgehead atoms. The summed E-state index contributed by atoms with van der Waals surface area (Å²) in [7, 11) is 0. The first kappa shape index (κ1) is 14.7. The van der Waals surface area contributed by atoms with Crippen molar-refractivity contribution in [2.45, 2.75) is 6.54 Å². The summed E-state index contributed by atoms with van der Waals surface area (Å²) < 4.78 is 5.78. The fourth-order valence-electron chi connectivity index (χ4n) is 2.62. The summed E-state index contributed by atoms with van der Waals surface area (Å²) in [4.78, 5) is 13.4. The van der Waals surface area contributed by atoms with Crippen molar-refractivity contribution in [2.75, 3.05) is 0 Å². The molecule has 0 aliphatic carbocycles. The number of hydrogen-bond acceptors (Lipinski definition) is 3. The van der Waals surface area contributed by atoms with Gasteiger partial charge in [0.1, 0.15) is 11.5 Å². The number of hydrogen-bond donors (Lipinski definition) is 1. The summed E-state index contributed by atoms with van der Waals surface area (Å²) in [5, 5.41) is 7.11. The molecule has 0 radical (unpaired) electrons. The second-order valence-electron chi connectivity index (χ2n) is 5.49. The third kappa shape index (κ3) is 2.96. The van der Waals surface area contributed by atoms with Gasteiger partial charge in [0, 0.05) is 5.56 Å². The van der Waals surface area contributed by atoms with Crippen molar-refractivity contribution in [3.63, 3.8) is 0 Å². The van der Waals surface area contributed by atoms with Gasteiger partial charge in [0.25, 0.3) is 5.91 Å². The van der Waals surface area contributed by atoms with E-state index in [-0.39, 0.29) is 5.91 Å². The summed E-state index contributed by atoms with van der Waals surface area (Å²) in [6.45, 7) is 0.372. The van der Waals surface area contributed by atoms with Crippen LogP contribution < -0.4 is 5.32 Å². The van der Waals surface area contributed by atoms with Crippen molar-refractivity contribution >= 4 is 28.0 Å². The molecule has 0 unspecified atom stereocenters. The Morgan fingerprint density at radius 1 is 0.958 bits per heavy atom. The van der Waals surface area contributed by atoms with Crippen LogP contribution in [0.4, 0.5) is 0 Å². The van der Waals surface area contributed by atoms with Gasteiger partial charge in [-0.25, -0.2) is 0 Å². The third-order valence-corrected chi connectivity index (χ3v) is 4.74. The Bertz CT molecular complexity index is 986. The SMILES string of the molecule is O=C(NCc1ccc(-c2cccs2)o1)c1ccc2ccccc2c1. The van der Waals surface area contributed by atoms with Crippen LogP contribution in [-0.4, -0.2) is 5.91 Å². The Morgan fingerprint density at radius 3 is 2.67 bits per heavy atom. The minimum absolute atomic E-state index is 0.102. The standard InChI is InChI=1S/C20H15NO2S/c22-20(16-8-7-14-4-1-2-5-15(14)12-16)21-13-17-9-10-18(23-17)19-6-3-11-24-19/h1-12H,13H2,(H,21,22). The number of rotatable bonds is 4. The number of carbonyl (C=O) groups is 1. The van der Waals surface area contributed by atoms with Gasteiger partial charge in [-0.1, -0.05) is 36.4 Å². The van der Waals surface area contributed by atoms with Gasteiger partial charge in [-0.15, -0.1) is 11.3 Å². The molecule has 118 valence electrons. The number of nitrogens with one attached hydrogen (secondary N) is 1. The maximum absolute atomic E-state index is 12.3. The fourth-order valence-corrected chi connectivity index (χ4v) is 3.31. The molecule has 4 aromatic rings. The maximum atomic E-state index is 12.3. The van der Waals surface area contributed by atoms with E-state index in [1.54, 1.807) is 11.3 Å². The van der Waals surface area contributed by atoms with Crippen molar-refractivity contribution < 1.29 is 9.21 Å².